The monoisotopic (exact) mass is 493 g/mol. The topological polar surface area (TPSA) is 35.5 Å². The zero-order valence-corrected chi connectivity index (χ0v) is 21.3. The Morgan fingerprint density at radius 1 is 0.722 bits per heavy atom. The van der Waals surface area contributed by atoms with E-state index in [1.807, 2.05) is 54.6 Å². The van der Waals surface area contributed by atoms with E-state index >= 15 is 0 Å². The maximum Gasteiger partial charge on any atom is 0.310 e. The van der Waals surface area contributed by atoms with E-state index in [0.29, 0.717) is 0 Å². The lowest BCUT2D eigenvalue weighted by Crippen LogP contribution is -2.27. The summed E-state index contributed by atoms with van der Waals surface area (Å²) in [5, 5.41) is 0. The molecule has 0 radical (unpaired) electrons. The van der Waals surface area contributed by atoms with Crippen LogP contribution in [0.3, 0.4) is 0 Å². The van der Waals surface area contributed by atoms with E-state index in [2.05, 4.69) is 72.5 Å². The summed E-state index contributed by atoms with van der Waals surface area (Å²) in [6.07, 6.45) is 0.149. The van der Waals surface area contributed by atoms with Crippen LogP contribution in [0, 0.1) is 11.8 Å². The van der Waals surface area contributed by atoms with Gasteiger partial charge >= 0.3 is 5.97 Å². The lowest BCUT2D eigenvalue weighted by atomic mass is 10.1. The summed E-state index contributed by atoms with van der Waals surface area (Å²) in [6.45, 7) is 3.82. The summed E-state index contributed by atoms with van der Waals surface area (Å²) in [4.78, 5) is 16.1. The number of rotatable bonds is 8. The van der Waals surface area contributed by atoms with E-state index in [1.165, 1.54) is 14.7 Å². The second-order valence-corrected chi connectivity index (χ2v) is 10.6. The van der Waals surface area contributed by atoms with Gasteiger partial charge in [-0.25, -0.2) is 0 Å². The molecule has 3 nitrogen and oxygen atoms in total. The van der Waals surface area contributed by atoms with Crippen LogP contribution < -0.4 is 4.74 Å². The van der Waals surface area contributed by atoms with Crippen LogP contribution in [0.2, 0.25) is 0 Å². The van der Waals surface area contributed by atoms with Gasteiger partial charge in [-0.2, -0.15) is 0 Å². The average molecular weight is 494 g/mol. The first-order valence-electron chi connectivity index (χ1n) is 11.9. The molecular formula is C32H29O3S+. The Labute approximate surface area is 216 Å². The molecule has 0 amide bonds. The molecule has 0 aliphatic rings. The molecule has 0 heterocycles. The van der Waals surface area contributed by atoms with E-state index < -0.39 is 5.60 Å². The predicted octanol–water partition coefficient (Wildman–Crippen LogP) is 6.92. The van der Waals surface area contributed by atoms with Gasteiger partial charge in [-0.1, -0.05) is 66.4 Å². The molecule has 0 aliphatic heterocycles. The molecule has 0 aliphatic carbocycles. The van der Waals surface area contributed by atoms with Crippen molar-refractivity contribution in [2.24, 2.45) is 0 Å². The standard InChI is InChI=1S/C32H29O3S/c1-32(2,24-22-26-12-6-3-7-13-26)35-31(33)23-25-34-27-18-20-30(21-19-27)36(28-14-8-4-9-15-28)29-16-10-5-11-17-29/h3-21H,23,25H2,1-2H3/q+1. The Morgan fingerprint density at radius 3 is 1.78 bits per heavy atom. The number of ether oxygens (including phenoxy) is 2. The highest BCUT2D eigenvalue weighted by atomic mass is 32.2. The first kappa shape index (κ1) is 25.2. The van der Waals surface area contributed by atoms with Gasteiger partial charge in [0.25, 0.3) is 0 Å². The molecule has 0 fully saturated rings. The quantitative estimate of drug-likeness (QED) is 0.152. The van der Waals surface area contributed by atoms with Gasteiger partial charge < -0.3 is 9.47 Å². The zero-order chi connectivity index (χ0) is 25.2. The minimum absolute atomic E-state index is 0.149. The fourth-order valence-corrected chi connectivity index (χ4v) is 5.63. The van der Waals surface area contributed by atoms with Crippen molar-refractivity contribution in [3.8, 4) is 17.6 Å². The van der Waals surface area contributed by atoms with Crippen molar-refractivity contribution < 1.29 is 14.3 Å². The van der Waals surface area contributed by atoms with Gasteiger partial charge in [-0.05, 0) is 74.5 Å². The average Bonchev–Trinajstić information content (AvgIpc) is 2.90. The van der Waals surface area contributed by atoms with Crippen molar-refractivity contribution in [3.63, 3.8) is 0 Å². The summed E-state index contributed by atoms with van der Waals surface area (Å²) in [5.41, 5.74) is 0.00938. The van der Waals surface area contributed by atoms with E-state index in [1.54, 1.807) is 13.8 Å². The Bertz CT molecular complexity index is 1270. The Hall–Kier alpha value is -3.94. The largest absolute Gasteiger partial charge is 0.493 e. The molecule has 0 spiro atoms. The summed E-state index contributed by atoms with van der Waals surface area (Å²) in [5.74, 6) is 6.46. The van der Waals surface area contributed by atoms with Gasteiger partial charge in [0.2, 0.25) is 0 Å². The minimum atomic E-state index is -0.876. The van der Waals surface area contributed by atoms with Crippen molar-refractivity contribution in [3.05, 3.63) is 121 Å². The third kappa shape index (κ3) is 7.28. The molecule has 0 unspecified atom stereocenters. The van der Waals surface area contributed by atoms with E-state index in [9.17, 15) is 4.79 Å². The van der Waals surface area contributed by atoms with Gasteiger partial charge in [0, 0.05) is 5.56 Å². The van der Waals surface area contributed by atoms with E-state index in [4.69, 9.17) is 9.47 Å². The summed E-state index contributed by atoms with van der Waals surface area (Å²) in [7, 11) is -0.206. The fourth-order valence-electron chi connectivity index (χ4n) is 3.55. The Balaban J connectivity index is 1.34. The van der Waals surface area contributed by atoms with E-state index in [-0.39, 0.29) is 29.9 Å². The smallest absolute Gasteiger partial charge is 0.310 e. The van der Waals surface area contributed by atoms with Crippen molar-refractivity contribution in [1.82, 2.24) is 0 Å². The molecule has 36 heavy (non-hydrogen) atoms. The highest BCUT2D eigenvalue weighted by molar-refractivity contribution is 7.97. The molecule has 0 N–H and O–H groups in total. The Morgan fingerprint density at radius 2 is 1.22 bits per heavy atom. The number of hydrogen-bond donors (Lipinski definition) is 0. The molecule has 0 saturated heterocycles. The van der Waals surface area contributed by atoms with Crippen molar-refractivity contribution >= 4 is 16.9 Å². The van der Waals surface area contributed by atoms with Crippen LogP contribution in [0.5, 0.6) is 5.75 Å². The molecule has 4 rings (SSSR count). The molecule has 0 aromatic heterocycles. The summed E-state index contributed by atoms with van der Waals surface area (Å²) < 4.78 is 11.4. The van der Waals surface area contributed by atoms with Crippen molar-refractivity contribution in [1.29, 1.82) is 0 Å². The molecular weight excluding hydrogens is 464 g/mol. The van der Waals surface area contributed by atoms with Gasteiger partial charge in [-0.15, -0.1) is 0 Å². The van der Waals surface area contributed by atoms with Gasteiger partial charge in [-0.3, -0.25) is 4.79 Å². The van der Waals surface area contributed by atoms with Crippen LogP contribution in [0.25, 0.3) is 0 Å². The number of hydrogen-bond acceptors (Lipinski definition) is 3. The zero-order valence-electron chi connectivity index (χ0n) is 20.5. The third-order valence-corrected chi connectivity index (χ3v) is 7.47. The highest BCUT2D eigenvalue weighted by Crippen LogP contribution is 2.31. The predicted molar refractivity (Wildman–Crippen MR) is 145 cm³/mol. The lowest BCUT2D eigenvalue weighted by Gasteiger charge is -2.18. The van der Waals surface area contributed by atoms with Crippen LogP contribution in [0.1, 0.15) is 25.8 Å². The summed E-state index contributed by atoms with van der Waals surface area (Å²) in [6, 6.07) is 38.8. The van der Waals surface area contributed by atoms with Crippen molar-refractivity contribution in [2.75, 3.05) is 6.61 Å². The first-order chi connectivity index (χ1) is 17.5. The fraction of sp³-hybridized carbons (Fsp3) is 0.156. The third-order valence-electron chi connectivity index (χ3n) is 5.24. The SMILES string of the molecule is CC(C)(C#Cc1ccccc1)OC(=O)CCOc1ccc([S+](c2ccccc2)c2ccccc2)cc1. The van der Waals surface area contributed by atoms with Crippen LogP contribution in [-0.4, -0.2) is 18.2 Å². The van der Waals surface area contributed by atoms with Crippen LogP contribution in [0.15, 0.2) is 130 Å². The summed E-state index contributed by atoms with van der Waals surface area (Å²) >= 11 is 0. The van der Waals surface area contributed by atoms with Crippen molar-refractivity contribution in [2.45, 2.75) is 40.6 Å². The highest BCUT2D eigenvalue weighted by Gasteiger charge is 2.28. The lowest BCUT2D eigenvalue weighted by molar-refractivity contribution is -0.152. The van der Waals surface area contributed by atoms with Crippen LogP contribution in [0.4, 0.5) is 0 Å². The first-order valence-corrected chi connectivity index (χ1v) is 13.1. The van der Waals surface area contributed by atoms with Gasteiger partial charge in [0.15, 0.2) is 20.3 Å². The van der Waals surface area contributed by atoms with Gasteiger partial charge in [0.05, 0.1) is 23.9 Å². The second-order valence-electron chi connectivity index (χ2n) is 8.60. The second kappa shape index (κ2) is 12.2. The molecule has 4 aromatic carbocycles. The van der Waals surface area contributed by atoms with Crippen LogP contribution >= 0.6 is 0 Å². The molecule has 0 saturated carbocycles. The number of carbonyl (C=O) groups is 1. The minimum Gasteiger partial charge on any atom is -0.493 e. The molecule has 0 bridgehead atoms. The number of benzene rings is 4. The Kier molecular flexibility index (Phi) is 8.49. The molecule has 4 heteroatoms. The molecule has 180 valence electrons. The van der Waals surface area contributed by atoms with Gasteiger partial charge in [0.1, 0.15) is 5.75 Å². The van der Waals surface area contributed by atoms with Crippen LogP contribution in [-0.2, 0) is 20.4 Å². The maximum absolute atomic E-state index is 12.3. The normalized spacial score (nSPS) is 10.9. The maximum atomic E-state index is 12.3. The molecule has 4 aromatic rings. The molecule has 0 atom stereocenters. The number of carbonyl (C=O) groups excluding carboxylic acids is 1. The number of esters is 1. The van der Waals surface area contributed by atoms with E-state index in [0.717, 1.165) is 11.3 Å².